The summed E-state index contributed by atoms with van der Waals surface area (Å²) in [6.45, 7) is 3.04. The van der Waals surface area contributed by atoms with Crippen molar-refractivity contribution in [1.29, 1.82) is 0 Å². The molecule has 2 heterocycles. The molecule has 1 fully saturated rings. The quantitative estimate of drug-likeness (QED) is 0.776. The average Bonchev–Trinajstić information content (AvgIpc) is 2.71. The summed E-state index contributed by atoms with van der Waals surface area (Å²) in [6, 6.07) is 13.6. The van der Waals surface area contributed by atoms with Crippen LogP contribution in [-0.4, -0.2) is 48.3 Å². The molecule has 0 aliphatic carbocycles. The normalized spacial score (nSPS) is 14.8. The van der Waals surface area contributed by atoms with E-state index in [2.05, 4.69) is 10.3 Å². The number of benzene rings is 1. The lowest BCUT2D eigenvalue weighted by Gasteiger charge is -2.32. The van der Waals surface area contributed by atoms with E-state index in [0.717, 1.165) is 37.2 Å². The van der Waals surface area contributed by atoms with Crippen LogP contribution in [0.5, 0.6) is 5.75 Å². The van der Waals surface area contributed by atoms with Gasteiger partial charge in [0.2, 0.25) is 0 Å². The topological polar surface area (TPSA) is 63.7 Å². The molecule has 6 nitrogen and oxygen atoms in total. The SMILES string of the molecule is O=C(NCc1ccccc1)N1CCC(OCCOc2cccnc2)CC1. The molecule has 0 spiro atoms. The van der Waals surface area contributed by atoms with E-state index in [4.69, 9.17) is 9.47 Å². The van der Waals surface area contributed by atoms with Crippen molar-refractivity contribution in [3.63, 3.8) is 0 Å². The van der Waals surface area contributed by atoms with Crippen molar-refractivity contribution in [3.05, 3.63) is 60.4 Å². The van der Waals surface area contributed by atoms with Crippen LogP contribution in [0.25, 0.3) is 0 Å². The lowest BCUT2D eigenvalue weighted by Crippen LogP contribution is -2.45. The number of amides is 2. The van der Waals surface area contributed by atoms with Crippen LogP contribution in [0.2, 0.25) is 0 Å². The summed E-state index contributed by atoms with van der Waals surface area (Å²) < 4.78 is 11.4. The molecular weight excluding hydrogens is 330 g/mol. The Hall–Kier alpha value is -2.60. The van der Waals surface area contributed by atoms with Gasteiger partial charge in [0.15, 0.2) is 0 Å². The Balaban J connectivity index is 1.29. The van der Waals surface area contributed by atoms with E-state index in [-0.39, 0.29) is 12.1 Å². The van der Waals surface area contributed by atoms with Gasteiger partial charge < -0.3 is 19.7 Å². The second kappa shape index (κ2) is 9.77. The third kappa shape index (κ3) is 5.74. The fraction of sp³-hybridized carbons (Fsp3) is 0.400. The number of pyridine rings is 1. The van der Waals surface area contributed by atoms with Crippen molar-refractivity contribution in [2.45, 2.75) is 25.5 Å². The number of carbonyl (C=O) groups is 1. The molecule has 0 atom stereocenters. The van der Waals surface area contributed by atoms with Crippen LogP contribution in [0.15, 0.2) is 54.9 Å². The minimum atomic E-state index is -0.00721. The molecule has 1 aliphatic rings. The van der Waals surface area contributed by atoms with Gasteiger partial charge in [-0.1, -0.05) is 30.3 Å². The molecule has 0 saturated carbocycles. The zero-order valence-electron chi connectivity index (χ0n) is 14.8. The molecule has 0 bridgehead atoms. The van der Waals surface area contributed by atoms with Gasteiger partial charge in [-0.25, -0.2) is 4.79 Å². The van der Waals surface area contributed by atoms with Crippen LogP contribution in [0, 0.1) is 0 Å². The number of likely N-dealkylation sites (tertiary alicyclic amines) is 1. The van der Waals surface area contributed by atoms with Gasteiger partial charge in [0.25, 0.3) is 0 Å². The van der Waals surface area contributed by atoms with Crippen LogP contribution in [0.4, 0.5) is 4.79 Å². The smallest absolute Gasteiger partial charge is 0.317 e. The molecule has 6 heteroatoms. The van der Waals surface area contributed by atoms with E-state index < -0.39 is 0 Å². The number of urea groups is 1. The Morgan fingerprint density at radius 3 is 2.65 bits per heavy atom. The van der Waals surface area contributed by atoms with Crippen LogP contribution in [0.1, 0.15) is 18.4 Å². The zero-order chi connectivity index (χ0) is 18.0. The molecule has 2 amide bonds. The molecule has 1 aromatic carbocycles. The Bertz CT molecular complexity index is 659. The summed E-state index contributed by atoms with van der Waals surface area (Å²) >= 11 is 0. The first kappa shape index (κ1) is 18.2. The molecule has 1 saturated heterocycles. The number of nitrogens with zero attached hydrogens (tertiary/aromatic N) is 2. The van der Waals surface area contributed by atoms with E-state index in [1.807, 2.05) is 47.4 Å². The van der Waals surface area contributed by atoms with Gasteiger partial charge in [-0.05, 0) is 30.5 Å². The van der Waals surface area contributed by atoms with Gasteiger partial charge in [-0.15, -0.1) is 0 Å². The van der Waals surface area contributed by atoms with E-state index in [1.54, 1.807) is 12.4 Å². The van der Waals surface area contributed by atoms with Crippen molar-refractivity contribution in [2.75, 3.05) is 26.3 Å². The van der Waals surface area contributed by atoms with Crippen molar-refractivity contribution in [1.82, 2.24) is 15.2 Å². The number of nitrogens with one attached hydrogen (secondary N) is 1. The minimum absolute atomic E-state index is 0.00721. The molecule has 26 heavy (non-hydrogen) atoms. The summed E-state index contributed by atoms with van der Waals surface area (Å²) in [6.07, 6.45) is 5.29. The van der Waals surface area contributed by atoms with Gasteiger partial charge in [0.1, 0.15) is 12.4 Å². The predicted octanol–water partition coefficient (Wildman–Crippen LogP) is 2.85. The number of hydrogen-bond acceptors (Lipinski definition) is 4. The van der Waals surface area contributed by atoms with Gasteiger partial charge >= 0.3 is 6.03 Å². The van der Waals surface area contributed by atoms with Crippen LogP contribution in [-0.2, 0) is 11.3 Å². The number of rotatable bonds is 7. The van der Waals surface area contributed by atoms with E-state index in [9.17, 15) is 4.79 Å². The van der Waals surface area contributed by atoms with Crippen LogP contribution in [0.3, 0.4) is 0 Å². The molecular formula is C20H25N3O3. The highest BCUT2D eigenvalue weighted by Crippen LogP contribution is 2.14. The molecule has 2 aromatic rings. The van der Waals surface area contributed by atoms with Crippen LogP contribution >= 0.6 is 0 Å². The predicted molar refractivity (Wildman–Crippen MR) is 99.0 cm³/mol. The van der Waals surface area contributed by atoms with Gasteiger partial charge in [0, 0.05) is 25.8 Å². The summed E-state index contributed by atoms with van der Waals surface area (Å²) in [4.78, 5) is 18.1. The highest BCUT2D eigenvalue weighted by atomic mass is 16.5. The summed E-state index contributed by atoms with van der Waals surface area (Å²) in [5.74, 6) is 0.751. The molecule has 138 valence electrons. The number of piperidine rings is 1. The van der Waals surface area contributed by atoms with E-state index in [1.165, 1.54) is 0 Å². The minimum Gasteiger partial charge on any atom is -0.490 e. The largest absolute Gasteiger partial charge is 0.490 e. The third-order valence-electron chi connectivity index (χ3n) is 4.36. The summed E-state index contributed by atoms with van der Waals surface area (Å²) in [7, 11) is 0. The summed E-state index contributed by atoms with van der Waals surface area (Å²) in [5.41, 5.74) is 1.10. The number of hydrogen-bond donors (Lipinski definition) is 1. The number of aromatic nitrogens is 1. The van der Waals surface area contributed by atoms with Crippen molar-refractivity contribution in [3.8, 4) is 5.75 Å². The average molecular weight is 355 g/mol. The van der Waals surface area contributed by atoms with Crippen LogP contribution < -0.4 is 10.1 Å². The van der Waals surface area contributed by atoms with Crippen molar-refractivity contribution >= 4 is 6.03 Å². The lowest BCUT2D eigenvalue weighted by atomic mass is 10.1. The second-order valence-electron chi connectivity index (χ2n) is 6.24. The molecule has 3 rings (SSSR count). The molecule has 1 aromatic heterocycles. The number of carbonyl (C=O) groups excluding carboxylic acids is 1. The van der Waals surface area contributed by atoms with Gasteiger partial charge in [-0.2, -0.15) is 0 Å². The highest BCUT2D eigenvalue weighted by Gasteiger charge is 2.22. The monoisotopic (exact) mass is 355 g/mol. The zero-order valence-corrected chi connectivity index (χ0v) is 14.8. The first-order valence-corrected chi connectivity index (χ1v) is 9.02. The summed E-state index contributed by atoms with van der Waals surface area (Å²) in [5, 5.41) is 2.97. The van der Waals surface area contributed by atoms with E-state index in [0.29, 0.717) is 19.8 Å². The standard InChI is InChI=1S/C20H25N3O3/c24-20(22-15-17-5-2-1-3-6-17)23-11-8-18(9-12-23)25-13-14-26-19-7-4-10-21-16-19/h1-7,10,16,18H,8-9,11-15H2,(H,22,24). The Morgan fingerprint density at radius 1 is 1.12 bits per heavy atom. The fourth-order valence-corrected chi connectivity index (χ4v) is 2.92. The van der Waals surface area contributed by atoms with Crippen molar-refractivity contribution in [2.24, 2.45) is 0 Å². The maximum absolute atomic E-state index is 12.2. The highest BCUT2D eigenvalue weighted by molar-refractivity contribution is 5.74. The van der Waals surface area contributed by atoms with E-state index >= 15 is 0 Å². The van der Waals surface area contributed by atoms with Gasteiger partial charge in [0.05, 0.1) is 18.9 Å². The first-order chi connectivity index (χ1) is 12.8. The Kier molecular flexibility index (Phi) is 6.84. The first-order valence-electron chi connectivity index (χ1n) is 9.02. The van der Waals surface area contributed by atoms with Gasteiger partial charge in [-0.3, -0.25) is 4.98 Å². The third-order valence-corrected chi connectivity index (χ3v) is 4.36. The Morgan fingerprint density at radius 2 is 1.92 bits per heavy atom. The molecule has 1 N–H and O–H groups in total. The Labute approximate surface area is 154 Å². The molecule has 1 aliphatic heterocycles. The molecule has 0 radical (unpaired) electrons. The maximum atomic E-state index is 12.2. The van der Waals surface area contributed by atoms with Crippen molar-refractivity contribution < 1.29 is 14.3 Å². The second-order valence-corrected chi connectivity index (χ2v) is 6.24. The molecule has 0 unspecified atom stereocenters. The lowest BCUT2D eigenvalue weighted by molar-refractivity contribution is 0.00183. The maximum Gasteiger partial charge on any atom is 0.317 e. The number of ether oxygens (including phenoxy) is 2. The fourth-order valence-electron chi connectivity index (χ4n) is 2.92.